The van der Waals surface area contributed by atoms with Crippen molar-refractivity contribution in [1.82, 2.24) is 0 Å². The van der Waals surface area contributed by atoms with Crippen LogP contribution in [0.2, 0.25) is 0 Å². The largest absolute Gasteiger partial charge is 0.460 e. The van der Waals surface area contributed by atoms with E-state index in [0.29, 0.717) is 0 Å². The van der Waals surface area contributed by atoms with Gasteiger partial charge in [-0.15, -0.1) is 7.77 Å². The summed E-state index contributed by atoms with van der Waals surface area (Å²) in [5.41, 5.74) is 0. The van der Waals surface area contributed by atoms with Crippen LogP contribution < -0.4 is 0 Å². The minimum atomic E-state index is -9.17. The molecule has 0 fully saturated rings. The Morgan fingerprint density at radius 1 is 0.344 bits per heavy atom. The van der Waals surface area contributed by atoms with Crippen LogP contribution in [0.5, 0.6) is 0 Å². The van der Waals surface area contributed by atoms with Gasteiger partial charge in [0, 0.05) is 0 Å². The third-order valence-corrected chi connectivity index (χ3v) is 6.29. The number of rotatable bonds is 8. The molecular weight excluding hydrogens is 566 g/mol. The van der Waals surface area contributed by atoms with Crippen LogP contribution in [0.4, 0.5) is 78.0 Å². The summed E-state index contributed by atoms with van der Waals surface area (Å²) in [7, 11) is -17.6. The zero-order valence-electron chi connectivity index (χ0n) is 13.3. The van der Waals surface area contributed by atoms with Crippen LogP contribution in [-0.2, 0) is 20.4 Å². The molecule has 0 saturated carbocycles. The Morgan fingerprint density at radius 3 is 0.719 bits per heavy atom. The molecular formula is C8F18O4S2. The summed E-state index contributed by atoms with van der Waals surface area (Å²) in [6.45, 7) is 0. The molecule has 0 aliphatic carbocycles. The third-order valence-electron chi connectivity index (χ3n) is 3.33. The first-order valence-electron chi connectivity index (χ1n) is 6.16. The van der Waals surface area contributed by atoms with E-state index in [0.717, 1.165) is 0 Å². The van der Waals surface area contributed by atoms with Gasteiger partial charge >= 0.3 is 66.5 Å². The molecule has 0 aromatic rings. The van der Waals surface area contributed by atoms with Gasteiger partial charge in [-0.2, -0.15) is 87.1 Å². The van der Waals surface area contributed by atoms with Crippen LogP contribution in [-0.4, -0.2) is 62.9 Å². The van der Waals surface area contributed by atoms with E-state index in [1.165, 1.54) is 0 Å². The maximum absolute atomic E-state index is 13.5. The van der Waals surface area contributed by atoms with Crippen LogP contribution in [0, 0.1) is 0 Å². The second-order valence-electron chi connectivity index (χ2n) is 5.36. The lowest BCUT2D eigenvalue weighted by atomic mass is 9.91. The summed E-state index contributed by atoms with van der Waals surface area (Å²) >= 11 is 0. The minimum absolute atomic E-state index is 8.00. The highest BCUT2D eigenvalue weighted by molar-refractivity contribution is 8.05. The second-order valence-corrected chi connectivity index (χ2v) is 8.49. The van der Waals surface area contributed by atoms with Gasteiger partial charge in [0.15, 0.2) is 0 Å². The van der Waals surface area contributed by atoms with Gasteiger partial charge in [0.25, 0.3) is 0 Å². The number of hydrogen-bond acceptors (Lipinski definition) is 4. The average molecular weight is 566 g/mol. The highest BCUT2D eigenvalue weighted by atomic mass is 32.3. The van der Waals surface area contributed by atoms with Crippen LogP contribution in [0.15, 0.2) is 0 Å². The van der Waals surface area contributed by atoms with E-state index in [2.05, 4.69) is 0 Å². The predicted octanol–water partition coefficient (Wildman–Crippen LogP) is 4.58. The van der Waals surface area contributed by atoms with Gasteiger partial charge in [0.2, 0.25) is 0 Å². The zero-order valence-corrected chi connectivity index (χ0v) is 14.9. The van der Waals surface area contributed by atoms with Crippen molar-refractivity contribution in [3.8, 4) is 0 Å². The fraction of sp³-hybridized carbons (Fsp3) is 1.00. The molecule has 194 valence electrons. The summed E-state index contributed by atoms with van der Waals surface area (Å²) in [6.07, 6.45) is -8.00. The molecule has 32 heavy (non-hydrogen) atoms. The Morgan fingerprint density at radius 2 is 0.531 bits per heavy atom. The van der Waals surface area contributed by atoms with Crippen LogP contribution >= 0.6 is 0 Å². The summed E-state index contributed by atoms with van der Waals surface area (Å²) in [4.78, 5) is 0. The zero-order chi connectivity index (χ0) is 27.0. The number of alkyl halides is 16. The minimum Gasteiger partial charge on any atom is -0.195 e. The van der Waals surface area contributed by atoms with Crippen LogP contribution in [0.25, 0.3) is 0 Å². The second kappa shape index (κ2) is 7.07. The molecule has 0 heterocycles. The Kier molecular flexibility index (Phi) is 6.77. The topological polar surface area (TPSA) is 68.3 Å². The third kappa shape index (κ3) is 3.45. The Balaban J connectivity index is 7.34. The normalized spacial score (nSPS) is 16.9. The Labute approximate surface area is 162 Å². The summed E-state index contributed by atoms with van der Waals surface area (Å²) < 4.78 is 263. The molecule has 4 nitrogen and oxygen atoms in total. The van der Waals surface area contributed by atoms with Crippen molar-refractivity contribution in [2.45, 2.75) is 46.0 Å². The van der Waals surface area contributed by atoms with E-state index in [-0.39, 0.29) is 0 Å². The van der Waals surface area contributed by atoms with Crippen molar-refractivity contribution in [1.29, 1.82) is 0 Å². The molecule has 0 radical (unpaired) electrons. The Bertz CT molecular complexity index is 912. The molecule has 0 N–H and O–H groups in total. The highest BCUT2D eigenvalue weighted by Crippen LogP contribution is 2.64. The molecule has 0 amide bonds. The lowest BCUT2D eigenvalue weighted by molar-refractivity contribution is -0.454. The lowest BCUT2D eigenvalue weighted by Crippen LogP contribution is -2.75. The van der Waals surface area contributed by atoms with Crippen LogP contribution in [0.3, 0.4) is 0 Å². The molecule has 0 rings (SSSR count). The summed E-state index contributed by atoms with van der Waals surface area (Å²) in [5.74, 6) is -53.6. The first-order valence-corrected chi connectivity index (χ1v) is 8.92. The molecule has 0 aromatic carbocycles. The molecule has 0 atom stereocenters. The molecule has 0 unspecified atom stereocenters. The SMILES string of the molecule is O=S(=O)(F)C(F)(C(F)(F)C(F)(F)C(F)(F)C(F)(F)C(F)(F)C(F)(F)C(F)(F)F)S(=O)(=O)F. The molecule has 0 bridgehead atoms. The van der Waals surface area contributed by atoms with E-state index in [9.17, 15) is 94.9 Å². The van der Waals surface area contributed by atoms with E-state index < -0.39 is 66.5 Å². The molecule has 24 heteroatoms. The van der Waals surface area contributed by atoms with Crippen molar-refractivity contribution < 1.29 is 94.9 Å². The molecule has 0 saturated heterocycles. The fourth-order valence-electron chi connectivity index (χ4n) is 1.58. The number of halogens is 18. The van der Waals surface area contributed by atoms with Gasteiger partial charge in [-0.1, -0.05) is 0 Å². The van der Waals surface area contributed by atoms with Crippen molar-refractivity contribution in [2.24, 2.45) is 0 Å². The van der Waals surface area contributed by atoms with Crippen LogP contribution in [0.1, 0.15) is 0 Å². The maximum Gasteiger partial charge on any atom is 0.460 e. The monoisotopic (exact) mass is 566 g/mol. The maximum atomic E-state index is 13.5. The first-order chi connectivity index (χ1) is 13.2. The molecule has 0 aliphatic heterocycles. The van der Waals surface area contributed by atoms with E-state index in [1.54, 1.807) is 0 Å². The van der Waals surface area contributed by atoms with Gasteiger partial charge < -0.3 is 0 Å². The van der Waals surface area contributed by atoms with Crippen molar-refractivity contribution >= 4 is 20.4 Å². The van der Waals surface area contributed by atoms with E-state index in [4.69, 9.17) is 0 Å². The fourth-order valence-corrected chi connectivity index (χ4v) is 3.40. The molecule has 0 spiro atoms. The highest BCUT2D eigenvalue weighted by Gasteiger charge is 2.97. The van der Waals surface area contributed by atoms with Crippen molar-refractivity contribution in [3.63, 3.8) is 0 Å². The lowest BCUT2D eigenvalue weighted by Gasteiger charge is -2.42. The van der Waals surface area contributed by atoms with Crippen molar-refractivity contribution in [2.75, 3.05) is 0 Å². The standard InChI is InChI=1S/C8F18O4S2/c9-1(10,3(13,14)5(17,18)7(21,22)23)2(11,12)4(15,16)6(19,20)8(24,31(25,27)28)32(26,29)30. The molecule has 0 aromatic heterocycles. The first kappa shape index (κ1) is 30.6. The smallest absolute Gasteiger partial charge is 0.195 e. The van der Waals surface area contributed by atoms with Gasteiger partial charge in [-0.25, -0.2) is 0 Å². The average Bonchev–Trinajstić information content (AvgIpc) is 2.49. The predicted molar refractivity (Wildman–Crippen MR) is 59.6 cm³/mol. The summed E-state index contributed by atoms with van der Waals surface area (Å²) in [6, 6.07) is 0. The quantitative estimate of drug-likeness (QED) is 0.319. The van der Waals surface area contributed by atoms with E-state index >= 15 is 0 Å². The molecule has 0 aliphatic rings. The van der Waals surface area contributed by atoms with Crippen molar-refractivity contribution in [3.05, 3.63) is 0 Å². The number of hydrogen-bond donors (Lipinski definition) is 0. The van der Waals surface area contributed by atoms with E-state index in [1.807, 2.05) is 0 Å². The van der Waals surface area contributed by atoms with Gasteiger partial charge in [0.05, 0.1) is 0 Å². The summed E-state index contributed by atoms with van der Waals surface area (Å²) in [5, 5.41) is 0. The van der Waals surface area contributed by atoms with Gasteiger partial charge in [0.1, 0.15) is 0 Å². The van der Waals surface area contributed by atoms with Gasteiger partial charge in [-0.05, 0) is 0 Å². The van der Waals surface area contributed by atoms with Gasteiger partial charge in [-0.3, -0.25) is 0 Å². The Hall–Kier alpha value is -1.36.